The van der Waals surface area contributed by atoms with E-state index in [4.69, 9.17) is 5.10 Å². The molecule has 0 saturated carbocycles. The summed E-state index contributed by atoms with van der Waals surface area (Å²) in [5, 5.41) is 5.47. The van der Waals surface area contributed by atoms with Crippen molar-refractivity contribution in [1.82, 2.24) is 14.3 Å². The molecule has 0 fully saturated rings. The molecular formula is C26H35N3O2Si. The normalized spacial score (nSPS) is 12.2. The number of hydrogen-bond donors (Lipinski definition) is 0. The van der Waals surface area contributed by atoms with Crippen molar-refractivity contribution in [3.05, 3.63) is 92.6 Å². The molecule has 2 aromatic carbocycles. The van der Waals surface area contributed by atoms with E-state index >= 15 is 0 Å². The quantitative estimate of drug-likeness (QED) is 0.479. The number of aromatic nitrogens is 3. The first kappa shape index (κ1) is 23.9. The van der Waals surface area contributed by atoms with Crippen LogP contribution in [0.4, 0.5) is 0 Å². The van der Waals surface area contributed by atoms with E-state index in [1.54, 1.807) is 0 Å². The van der Waals surface area contributed by atoms with Crippen LogP contribution in [0.5, 0.6) is 0 Å². The molecule has 0 aliphatic carbocycles. The molecule has 0 N–H and O–H groups in total. The Hall–Kier alpha value is -2.73. The minimum absolute atomic E-state index is 0.217. The lowest BCUT2D eigenvalue weighted by Gasteiger charge is -2.41. The predicted molar refractivity (Wildman–Crippen MR) is 135 cm³/mol. The fourth-order valence-corrected chi connectivity index (χ4v) is 11.9. The Labute approximate surface area is 191 Å². The van der Waals surface area contributed by atoms with Crippen LogP contribution in [-0.4, -0.2) is 22.4 Å². The lowest BCUT2D eigenvalue weighted by molar-refractivity contribution is 0.548. The third-order valence-electron chi connectivity index (χ3n) is 6.76. The number of benzene rings is 2. The molecule has 0 spiro atoms. The molecule has 0 amide bonds. The molecule has 5 nitrogen and oxygen atoms in total. The molecule has 0 radical (unpaired) electrons. The maximum atomic E-state index is 13.9. The summed E-state index contributed by atoms with van der Waals surface area (Å²) in [5.74, 6) is 0. The van der Waals surface area contributed by atoms with Gasteiger partial charge in [-0.3, -0.25) is 9.36 Å². The van der Waals surface area contributed by atoms with Gasteiger partial charge in [-0.2, -0.15) is 5.10 Å². The van der Waals surface area contributed by atoms with Gasteiger partial charge >= 0.3 is 5.69 Å². The topological polar surface area (TPSA) is 56.9 Å². The molecule has 0 aliphatic heterocycles. The van der Waals surface area contributed by atoms with Crippen molar-refractivity contribution in [2.75, 3.05) is 0 Å². The highest BCUT2D eigenvalue weighted by atomic mass is 28.3. The highest BCUT2D eigenvalue weighted by Gasteiger charge is 2.48. The van der Waals surface area contributed by atoms with E-state index in [-0.39, 0.29) is 17.8 Å². The van der Waals surface area contributed by atoms with Gasteiger partial charge < -0.3 is 0 Å². The van der Waals surface area contributed by atoms with E-state index in [1.807, 2.05) is 60.7 Å². The Bertz CT molecular complexity index is 1130. The Kier molecular flexibility index (Phi) is 7.34. The van der Waals surface area contributed by atoms with Crippen LogP contribution in [-0.2, 0) is 13.1 Å². The van der Waals surface area contributed by atoms with Gasteiger partial charge in [0.2, 0.25) is 0 Å². The molecule has 6 heteroatoms. The summed E-state index contributed by atoms with van der Waals surface area (Å²) in [6.45, 7) is 13.9. The van der Waals surface area contributed by atoms with E-state index in [9.17, 15) is 9.59 Å². The molecule has 0 bridgehead atoms. The standard InChI is InChI=1S/C26H35N3O2Si/c1-19(2)32(20(3)4,21(5)6)24-25(30)28(17-22-13-9-7-10-14-22)26(31)29(27-24)18-23-15-11-8-12-16-23/h7-16,19-21H,17-18H2,1-6H3. The van der Waals surface area contributed by atoms with Crippen molar-refractivity contribution in [3.8, 4) is 0 Å². The molecule has 32 heavy (non-hydrogen) atoms. The van der Waals surface area contributed by atoms with Gasteiger partial charge in [-0.05, 0) is 27.8 Å². The first-order chi connectivity index (χ1) is 15.2. The van der Waals surface area contributed by atoms with Gasteiger partial charge in [-0.25, -0.2) is 9.48 Å². The van der Waals surface area contributed by atoms with Crippen molar-refractivity contribution >= 4 is 13.4 Å². The molecule has 0 unspecified atom stereocenters. The maximum absolute atomic E-state index is 13.9. The zero-order valence-corrected chi connectivity index (χ0v) is 21.1. The number of nitrogens with zero attached hydrogens (tertiary/aromatic N) is 3. The van der Waals surface area contributed by atoms with Gasteiger partial charge in [-0.15, -0.1) is 0 Å². The molecule has 0 atom stereocenters. The third kappa shape index (κ3) is 4.42. The van der Waals surface area contributed by atoms with Gasteiger partial charge in [-0.1, -0.05) is 102 Å². The van der Waals surface area contributed by atoms with Gasteiger partial charge in [0.05, 0.1) is 13.1 Å². The highest BCUT2D eigenvalue weighted by molar-refractivity contribution is 6.94. The molecule has 0 aliphatic rings. The van der Waals surface area contributed by atoms with Gasteiger partial charge in [0, 0.05) is 0 Å². The first-order valence-electron chi connectivity index (χ1n) is 11.5. The second-order valence-electron chi connectivity index (χ2n) is 9.55. The molecule has 1 aromatic heterocycles. The number of hydrogen-bond acceptors (Lipinski definition) is 3. The molecule has 0 saturated heterocycles. The Morgan fingerprint density at radius 2 is 1.16 bits per heavy atom. The summed E-state index contributed by atoms with van der Waals surface area (Å²) in [6.07, 6.45) is 0. The van der Waals surface area contributed by atoms with Crippen LogP contribution >= 0.6 is 0 Å². The summed E-state index contributed by atoms with van der Waals surface area (Å²) < 4.78 is 2.90. The van der Waals surface area contributed by atoms with E-state index in [0.717, 1.165) is 11.1 Å². The Morgan fingerprint density at radius 1 is 0.719 bits per heavy atom. The second kappa shape index (κ2) is 9.82. The summed E-state index contributed by atoms with van der Waals surface area (Å²) in [6, 6.07) is 19.5. The second-order valence-corrected chi connectivity index (χ2v) is 15.4. The SMILES string of the molecule is CC(C)[Si](c1nn(Cc2ccccc2)c(=O)n(Cc2ccccc2)c1=O)(C(C)C)C(C)C. The van der Waals surface area contributed by atoms with Crippen LogP contribution in [0, 0.1) is 0 Å². The van der Waals surface area contributed by atoms with Crippen LogP contribution < -0.4 is 16.6 Å². The monoisotopic (exact) mass is 449 g/mol. The maximum Gasteiger partial charge on any atom is 0.348 e. The van der Waals surface area contributed by atoms with Crippen molar-refractivity contribution in [1.29, 1.82) is 0 Å². The highest BCUT2D eigenvalue weighted by Crippen LogP contribution is 2.39. The molecule has 1 heterocycles. The van der Waals surface area contributed by atoms with Gasteiger partial charge in [0.1, 0.15) is 13.4 Å². The van der Waals surface area contributed by atoms with Crippen molar-refractivity contribution in [2.24, 2.45) is 0 Å². The summed E-state index contributed by atoms with van der Waals surface area (Å²) in [5.41, 5.74) is 2.29. The summed E-state index contributed by atoms with van der Waals surface area (Å²) >= 11 is 0. The third-order valence-corrected chi connectivity index (χ3v) is 13.6. The van der Waals surface area contributed by atoms with Gasteiger partial charge in [0.25, 0.3) is 5.56 Å². The zero-order valence-electron chi connectivity index (χ0n) is 20.1. The Morgan fingerprint density at radius 3 is 1.59 bits per heavy atom. The summed E-state index contributed by atoms with van der Waals surface area (Å²) in [4.78, 5) is 27.3. The van der Waals surface area contributed by atoms with Crippen LogP contribution in [0.15, 0.2) is 70.3 Å². The minimum Gasteiger partial charge on any atom is -0.268 e. The van der Waals surface area contributed by atoms with Crippen molar-refractivity contribution < 1.29 is 0 Å². The summed E-state index contributed by atoms with van der Waals surface area (Å²) in [7, 11) is -2.37. The largest absolute Gasteiger partial charge is 0.348 e. The average Bonchev–Trinajstić information content (AvgIpc) is 2.75. The predicted octanol–water partition coefficient (Wildman–Crippen LogP) is 4.39. The van der Waals surface area contributed by atoms with E-state index < -0.39 is 8.07 Å². The first-order valence-corrected chi connectivity index (χ1v) is 13.7. The van der Waals surface area contributed by atoms with Crippen LogP contribution in [0.2, 0.25) is 16.6 Å². The van der Waals surface area contributed by atoms with Crippen LogP contribution in [0.1, 0.15) is 52.7 Å². The van der Waals surface area contributed by atoms with E-state index in [2.05, 4.69) is 41.5 Å². The van der Waals surface area contributed by atoms with Gasteiger partial charge in [0.15, 0.2) is 0 Å². The minimum atomic E-state index is -2.37. The van der Waals surface area contributed by atoms with Crippen LogP contribution in [0.3, 0.4) is 0 Å². The number of rotatable bonds is 8. The van der Waals surface area contributed by atoms with E-state index in [1.165, 1.54) is 9.25 Å². The smallest absolute Gasteiger partial charge is 0.268 e. The molecule has 3 aromatic rings. The Balaban J connectivity index is 2.31. The molecule has 170 valence electrons. The lowest BCUT2D eigenvalue weighted by atomic mass is 10.2. The fraction of sp³-hybridized carbons (Fsp3) is 0.423. The molecule has 3 rings (SSSR count). The van der Waals surface area contributed by atoms with Crippen molar-refractivity contribution in [3.63, 3.8) is 0 Å². The lowest BCUT2D eigenvalue weighted by Crippen LogP contribution is -2.66. The zero-order chi connectivity index (χ0) is 23.5. The fourth-order valence-electron chi connectivity index (χ4n) is 5.42. The average molecular weight is 450 g/mol. The van der Waals surface area contributed by atoms with Crippen LogP contribution in [0.25, 0.3) is 0 Å². The van der Waals surface area contributed by atoms with Crippen molar-refractivity contribution in [2.45, 2.75) is 71.3 Å². The van der Waals surface area contributed by atoms with E-state index in [0.29, 0.717) is 28.5 Å². The molecular weight excluding hydrogens is 414 g/mol.